The molecule has 3 aromatic heterocycles. The summed E-state index contributed by atoms with van der Waals surface area (Å²) in [5.41, 5.74) is 2.45. The Hall–Kier alpha value is -4.86. The van der Waals surface area contributed by atoms with Crippen molar-refractivity contribution in [3.8, 4) is 11.1 Å². The van der Waals surface area contributed by atoms with E-state index in [1.165, 1.54) is 13.8 Å². The maximum Gasteiger partial charge on any atom is 0.435 e. The number of benzene rings is 4. The van der Waals surface area contributed by atoms with Gasteiger partial charge in [-0.15, -0.1) is 23.1 Å². The van der Waals surface area contributed by atoms with Gasteiger partial charge in [-0.1, -0.05) is 97.1 Å². The number of thiophene rings is 1. The molecule has 51 heavy (non-hydrogen) atoms. The van der Waals surface area contributed by atoms with Gasteiger partial charge in [0.1, 0.15) is 5.54 Å². The third-order valence-corrected chi connectivity index (χ3v) is 12.1. The monoisotopic (exact) mass is 716 g/mol. The summed E-state index contributed by atoms with van der Waals surface area (Å²) in [5, 5.41) is 5.30. The van der Waals surface area contributed by atoms with Crippen LogP contribution in [0.25, 0.3) is 22.0 Å². The first kappa shape index (κ1) is 33.3. The van der Waals surface area contributed by atoms with E-state index in [0.29, 0.717) is 5.56 Å². The van der Waals surface area contributed by atoms with Crippen LogP contribution >= 0.6 is 23.1 Å². The van der Waals surface area contributed by atoms with E-state index >= 15 is 13.2 Å². The first-order chi connectivity index (χ1) is 24.9. The van der Waals surface area contributed by atoms with E-state index in [-0.39, 0.29) is 11.6 Å². The van der Waals surface area contributed by atoms with Gasteiger partial charge in [0.15, 0.2) is 5.69 Å². The number of hydrogen-bond donors (Lipinski definition) is 0. The van der Waals surface area contributed by atoms with E-state index in [1.807, 2.05) is 121 Å². The Balaban J connectivity index is 1.34. The molecular weight excluding hydrogens is 682 g/mol. The number of aromatic nitrogens is 3. The minimum atomic E-state index is -4.71. The molecule has 9 heteroatoms. The van der Waals surface area contributed by atoms with Crippen LogP contribution in [0, 0.1) is 0 Å². The Labute approximate surface area is 303 Å². The van der Waals surface area contributed by atoms with Crippen LogP contribution in [-0.4, -0.2) is 27.6 Å². The van der Waals surface area contributed by atoms with Crippen LogP contribution in [0.1, 0.15) is 52.6 Å². The lowest BCUT2D eigenvalue weighted by Gasteiger charge is -2.37. The summed E-state index contributed by atoms with van der Waals surface area (Å²) in [6.45, 7) is 0.861. The maximum absolute atomic E-state index is 15.2. The van der Waals surface area contributed by atoms with E-state index in [9.17, 15) is 0 Å². The number of halogens is 3. The summed E-state index contributed by atoms with van der Waals surface area (Å²) in [6.07, 6.45) is 3.95. The van der Waals surface area contributed by atoms with E-state index < -0.39 is 17.4 Å². The van der Waals surface area contributed by atoms with Gasteiger partial charge in [-0.05, 0) is 78.1 Å². The Morgan fingerprint density at radius 3 is 2.00 bits per heavy atom. The van der Waals surface area contributed by atoms with E-state index in [1.54, 1.807) is 30.2 Å². The fourth-order valence-electron chi connectivity index (χ4n) is 7.59. The number of pyridine rings is 1. The van der Waals surface area contributed by atoms with Crippen molar-refractivity contribution >= 4 is 39.7 Å². The lowest BCUT2D eigenvalue weighted by Crippen LogP contribution is -2.38. The third-order valence-electron chi connectivity index (χ3n) is 9.87. The van der Waals surface area contributed by atoms with Gasteiger partial charge in [0, 0.05) is 40.5 Å². The fraction of sp³-hybridized carbons (Fsp3) is 0.190. The van der Waals surface area contributed by atoms with Crippen molar-refractivity contribution in [2.24, 2.45) is 0 Å². The van der Waals surface area contributed by atoms with Crippen LogP contribution in [0.15, 0.2) is 144 Å². The average molecular weight is 717 g/mol. The standard InChI is InChI=1S/C42H35F3N4S2/c1-50-39-23-22-38(51-39)37-19-11-12-26-48(37)36-24-25-46-35-21-20-29(27-33(35)36)34-28-49(47-40(34)42(43,44)45)41(30-13-5-2-6-14-30,31-15-7-3-8-16-31)32-17-9-4-10-18-32/h2-10,13-18,20-25,27-28,37H,11-12,19,26H2,1H3. The van der Waals surface area contributed by atoms with Crippen LogP contribution in [0.2, 0.25) is 0 Å². The van der Waals surface area contributed by atoms with Crippen molar-refractivity contribution < 1.29 is 13.2 Å². The molecular formula is C42H35F3N4S2. The molecule has 0 amide bonds. The molecule has 1 fully saturated rings. The van der Waals surface area contributed by atoms with Crippen LogP contribution < -0.4 is 4.90 Å². The minimum absolute atomic E-state index is 0.0180. The molecule has 8 rings (SSSR count). The Morgan fingerprint density at radius 2 is 1.41 bits per heavy atom. The number of rotatable bonds is 8. The number of thioether (sulfide) groups is 1. The second kappa shape index (κ2) is 13.7. The molecule has 7 aromatic rings. The zero-order valence-electron chi connectivity index (χ0n) is 27.9. The third kappa shape index (κ3) is 6.02. The van der Waals surface area contributed by atoms with Crippen molar-refractivity contribution in [1.82, 2.24) is 14.8 Å². The number of alkyl halides is 3. The molecule has 0 radical (unpaired) electrons. The smallest absolute Gasteiger partial charge is 0.363 e. The van der Waals surface area contributed by atoms with Gasteiger partial charge in [-0.25, -0.2) is 0 Å². The number of piperidine rings is 1. The van der Waals surface area contributed by atoms with Crippen LogP contribution in [0.3, 0.4) is 0 Å². The SMILES string of the molecule is CSc1ccc(C2CCCCN2c2ccnc3ccc(-c4cn(C(c5ccccc5)(c5ccccc5)c5ccccc5)nc4C(F)(F)F)cc23)s1. The highest BCUT2D eigenvalue weighted by Crippen LogP contribution is 2.46. The zero-order valence-corrected chi connectivity index (χ0v) is 29.6. The molecule has 0 aliphatic carbocycles. The second-order valence-electron chi connectivity index (χ2n) is 12.8. The van der Waals surface area contributed by atoms with Gasteiger partial charge in [0.05, 0.1) is 15.8 Å². The van der Waals surface area contributed by atoms with Gasteiger partial charge in [-0.2, -0.15) is 18.3 Å². The molecule has 1 unspecified atom stereocenters. The van der Waals surface area contributed by atoms with E-state index in [0.717, 1.165) is 59.1 Å². The lowest BCUT2D eigenvalue weighted by molar-refractivity contribution is -0.141. The molecule has 0 N–H and O–H groups in total. The molecule has 4 nitrogen and oxygen atoms in total. The highest BCUT2D eigenvalue weighted by atomic mass is 32.2. The molecule has 1 aliphatic rings. The Kier molecular flexibility index (Phi) is 8.94. The predicted molar refractivity (Wildman–Crippen MR) is 203 cm³/mol. The summed E-state index contributed by atoms with van der Waals surface area (Å²) >= 11 is 3.56. The van der Waals surface area contributed by atoms with Gasteiger partial charge in [0.2, 0.25) is 0 Å². The zero-order chi connectivity index (χ0) is 35.0. The summed E-state index contributed by atoms with van der Waals surface area (Å²) in [5.74, 6) is 0. The summed E-state index contributed by atoms with van der Waals surface area (Å²) in [4.78, 5) is 8.38. The molecule has 1 saturated heterocycles. The molecule has 1 aliphatic heterocycles. The normalized spacial score (nSPS) is 15.4. The highest BCUT2D eigenvalue weighted by molar-refractivity contribution is 8.00. The quantitative estimate of drug-likeness (QED) is 0.116. The number of fused-ring (bicyclic) bond motifs is 1. The minimum Gasteiger partial charge on any atom is -0.363 e. The molecule has 0 saturated carbocycles. The van der Waals surface area contributed by atoms with Gasteiger partial charge >= 0.3 is 6.18 Å². The molecule has 4 aromatic carbocycles. The predicted octanol–water partition coefficient (Wildman–Crippen LogP) is 11.5. The average Bonchev–Trinajstić information content (AvgIpc) is 3.85. The van der Waals surface area contributed by atoms with Gasteiger partial charge in [0.25, 0.3) is 0 Å². The molecule has 4 heterocycles. The first-order valence-electron chi connectivity index (χ1n) is 17.0. The van der Waals surface area contributed by atoms with Crippen LogP contribution in [0.4, 0.5) is 18.9 Å². The Morgan fingerprint density at radius 1 is 0.765 bits per heavy atom. The largest absolute Gasteiger partial charge is 0.435 e. The lowest BCUT2D eigenvalue weighted by atomic mass is 9.77. The molecule has 1 atom stereocenters. The van der Waals surface area contributed by atoms with Gasteiger partial charge in [-0.3, -0.25) is 9.67 Å². The number of nitrogens with zero attached hydrogens (tertiary/aromatic N) is 4. The van der Waals surface area contributed by atoms with Crippen LogP contribution in [0.5, 0.6) is 0 Å². The summed E-state index contributed by atoms with van der Waals surface area (Å²) in [7, 11) is 0. The van der Waals surface area contributed by atoms with Crippen LogP contribution in [-0.2, 0) is 11.7 Å². The number of anilines is 1. The van der Waals surface area contributed by atoms with Crippen molar-refractivity contribution in [1.29, 1.82) is 0 Å². The molecule has 0 spiro atoms. The summed E-state index contributed by atoms with van der Waals surface area (Å²) in [6, 6.07) is 40.9. The van der Waals surface area contributed by atoms with Crippen molar-refractivity contribution in [2.75, 3.05) is 17.7 Å². The molecule has 0 bridgehead atoms. The second-order valence-corrected chi connectivity index (χ2v) is 15.0. The fourth-order valence-corrected chi connectivity index (χ4v) is 9.30. The Bertz CT molecular complexity index is 2170. The first-order valence-corrected chi connectivity index (χ1v) is 19.1. The van der Waals surface area contributed by atoms with Gasteiger partial charge < -0.3 is 4.90 Å². The highest BCUT2D eigenvalue weighted by Gasteiger charge is 2.44. The van der Waals surface area contributed by atoms with E-state index in [2.05, 4.69) is 33.4 Å². The maximum atomic E-state index is 15.2. The van der Waals surface area contributed by atoms with Crippen molar-refractivity contribution in [2.45, 2.75) is 41.2 Å². The van der Waals surface area contributed by atoms with Crippen molar-refractivity contribution in [3.05, 3.63) is 167 Å². The molecule has 256 valence electrons. The van der Waals surface area contributed by atoms with Crippen molar-refractivity contribution in [3.63, 3.8) is 0 Å². The number of hydrogen-bond acceptors (Lipinski definition) is 5. The topological polar surface area (TPSA) is 34.0 Å². The van der Waals surface area contributed by atoms with E-state index in [4.69, 9.17) is 0 Å². The summed E-state index contributed by atoms with van der Waals surface area (Å²) < 4.78 is 48.4.